The molecule has 1 fully saturated rings. The van der Waals surface area contributed by atoms with Gasteiger partial charge < -0.3 is 25.1 Å². The van der Waals surface area contributed by atoms with E-state index in [4.69, 9.17) is 29.7 Å². The maximum absolute atomic E-state index is 14.1. The molecule has 1 aliphatic rings. The summed E-state index contributed by atoms with van der Waals surface area (Å²) in [7, 11) is -4.47. The van der Waals surface area contributed by atoms with E-state index in [2.05, 4.69) is 29.1 Å². The summed E-state index contributed by atoms with van der Waals surface area (Å²) in [5, 5.41) is 16.4. The lowest BCUT2D eigenvalue weighted by Crippen LogP contribution is -2.30. The van der Waals surface area contributed by atoms with Gasteiger partial charge in [0.2, 0.25) is 0 Å². The number of nitriles is 1. The van der Waals surface area contributed by atoms with Crippen LogP contribution in [-0.2, 0) is 29.7 Å². The number of nitrogens with zero attached hydrogens (tertiary/aromatic N) is 2. The Labute approximate surface area is 328 Å². The molecule has 0 saturated carbocycles. The zero-order chi connectivity index (χ0) is 39.8. The van der Waals surface area contributed by atoms with E-state index in [-0.39, 0.29) is 37.3 Å². The largest absolute Gasteiger partial charge is 0.472 e. The Kier molecular flexibility index (Phi) is 21.7. The van der Waals surface area contributed by atoms with Gasteiger partial charge in [0.1, 0.15) is 18.0 Å². The molecular formula is C42H65FN5O6P. The maximum Gasteiger partial charge on any atom is 0.472 e. The molecule has 1 aromatic heterocycles. The molecule has 5 N–H and O–H groups in total. The zero-order valence-electron chi connectivity index (χ0n) is 33.1. The molecule has 0 amide bonds. The quantitative estimate of drug-likeness (QED) is 0.0199. The van der Waals surface area contributed by atoms with E-state index in [9.17, 15) is 19.1 Å². The van der Waals surface area contributed by atoms with Gasteiger partial charge in [-0.25, -0.2) is 13.9 Å². The number of aromatic nitrogens is 1. The minimum atomic E-state index is -4.47. The van der Waals surface area contributed by atoms with Crippen LogP contribution in [0.3, 0.4) is 0 Å². The molecule has 1 aromatic carbocycles. The lowest BCUT2D eigenvalue weighted by Gasteiger charge is -2.26. The summed E-state index contributed by atoms with van der Waals surface area (Å²) in [6, 6.07) is 9.59. The van der Waals surface area contributed by atoms with E-state index in [1.807, 2.05) is 19.1 Å². The highest BCUT2D eigenvalue weighted by Gasteiger charge is 2.40. The van der Waals surface area contributed by atoms with Crippen LogP contribution in [0.1, 0.15) is 164 Å². The Morgan fingerprint density at radius 1 is 1.07 bits per heavy atom. The molecular weight excluding hydrogens is 720 g/mol. The molecule has 1 aliphatic heterocycles. The first-order valence-corrected chi connectivity index (χ1v) is 21.8. The first-order chi connectivity index (χ1) is 26.6. The number of aliphatic imine (C=N–C) groups is 1. The van der Waals surface area contributed by atoms with Crippen molar-refractivity contribution in [3.8, 4) is 6.07 Å². The number of unbranched alkanes of at least 4 members (excludes halogenated alkanes) is 14. The fourth-order valence-corrected chi connectivity index (χ4v) is 7.61. The number of phosphoric acid groups is 1. The molecule has 0 aliphatic carbocycles. The molecule has 2 aromatic rings. The Morgan fingerprint density at radius 3 is 2.38 bits per heavy atom. The summed E-state index contributed by atoms with van der Waals surface area (Å²) in [5.41, 5.74) is 7.09. The third-order valence-electron chi connectivity index (χ3n) is 9.96. The number of nitrogens with one attached hydrogen (secondary N) is 2. The van der Waals surface area contributed by atoms with Gasteiger partial charge in [0, 0.05) is 5.69 Å². The molecule has 4 atom stereocenters. The predicted octanol–water partition coefficient (Wildman–Crippen LogP) is 10.9. The van der Waals surface area contributed by atoms with Gasteiger partial charge in [0.15, 0.2) is 0 Å². The number of allylic oxidation sites excluding steroid dienone is 2. The number of benzene rings is 1. The van der Waals surface area contributed by atoms with Crippen molar-refractivity contribution < 1.29 is 32.4 Å². The summed E-state index contributed by atoms with van der Waals surface area (Å²) in [5.74, 6) is -0.340. The third kappa shape index (κ3) is 19.0. The second-order valence-corrected chi connectivity index (χ2v) is 16.4. The SMILES string of the molecule is CCCCCCCC/C=C/CCCCCCCCCC[C@H](COP(=O)(O)OC[C@]1(C)CC[C@H](c2ccc(/C(N)=N\C=N)[nH]2)O1)OCc1cc(F)cc(C#N)c1. The van der Waals surface area contributed by atoms with E-state index in [0.717, 1.165) is 43.8 Å². The van der Waals surface area contributed by atoms with Crippen LogP contribution in [0.2, 0.25) is 0 Å². The van der Waals surface area contributed by atoms with Gasteiger partial charge in [-0.1, -0.05) is 96.1 Å². The summed E-state index contributed by atoms with van der Waals surface area (Å²) in [6.07, 6.45) is 26.0. The Hall–Kier alpha value is -3.17. The predicted molar refractivity (Wildman–Crippen MR) is 216 cm³/mol. The summed E-state index contributed by atoms with van der Waals surface area (Å²) >= 11 is 0. The molecule has 306 valence electrons. The van der Waals surface area contributed by atoms with Crippen molar-refractivity contribution >= 4 is 20.0 Å². The second kappa shape index (κ2) is 25.9. The minimum Gasteiger partial charge on any atom is -0.382 e. The van der Waals surface area contributed by atoms with Crippen molar-refractivity contribution in [2.45, 2.75) is 160 Å². The number of phosphoric ester groups is 1. The van der Waals surface area contributed by atoms with Crippen LogP contribution in [0, 0.1) is 22.6 Å². The highest BCUT2D eigenvalue weighted by molar-refractivity contribution is 7.47. The van der Waals surface area contributed by atoms with E-state index >= 15 is 0 Å². The van der Waals surface area contributed by atoms with E-state index < -0.39 is 25.3 Å². The van der Waals surface area contributed by atoms with Crippen LogP contribution < -0.4 is 5.73 Å². The smallest absolute Gasteiger partial charge is 0.382 e. The molecule has 0 spiro atoms. The molecule has 55 heavy (non-hydrogen) atoms. The van der Waals surface area contributed by atoms with Crippen LogP contribution in [-0.4, -0.2) is 47.0 Å². The van der Waals surface area contributed by atoms with Crippen molar-refractivity contribution in [2.24, 2.45) is 10.7 Å². The number of ether oxygens (including phenoxy) is 2. The molecule has 3 rings (SSSR count). The van der Waals surface area contributed by atoms with Crippen molar-refractivity contribution in [3.05, 3.63) is 70.8 Å². The van der Waals surface area contributed by atoms with Gasteiger partial charge in [-0.15, -0.1) is 0 Å². The number of hydrogen-bond acceptors (Lipinski definition) is 7. The molecule has 11 nitrogen and oxygen atoms in total. The lowest BCUT2D eigenvalue weighted by molar-refractivity contribution is -0.0658. The van der Waals surface area contributed by atoms with Gasteiger partial charge in [-0.3, -0.25) is 14.5 Å². The number of nitrogens with two attached hydrogens (primary N) is 1. The van der Waals surface area contributed by atoms with Gasteiger partial charge >= 0.3 is 7.82 Å². The summed E-state index contributed by atoms with van der Waals surface area (Å²) < 4.78 is 50.2. The second-order valence-electron chi connectivity index (χ2n) is 14.9. The number of halogens is 1. The Bertz CT molecular complexity index is 1560. The third-order valence-corrected chi connectivity index (χ3v) is 10.9. The average molecular weight is 786 g/mol. The molecule has 0 radical (unpaired) electrons. The molecule has 0 bridgehead atoms. The van der Waals surface area contributed by atoms with Crippen LogP contribution in [0.4, 0.5) is 4.39 Å². The number of hydrogen-bond donors (Lipinski definition) is 4. The number of H-pyrrole nitrogens is 1. The number of amidine groups is 1. The lowest BCUT2D eigenvalue weighted by atomic mass is 10.0. The van der Waals surface area contributed by atoms with Crippen LogP contribution >= 0.6 is 7.82 Å². The standard InChI is InChI=1S/C42H65FN5O6P/c1-3-4-5-6-7-8-9-10-11-12-13-14-15-16-17-18-19-20-21-37(51-30-35-26-34(29-44)27-36(43)28-35)31-52-55(49,50)53-32-42(2)25-24-40(54-42)38-22-23-39(48-38)41(46)47-33-45/h10-11,22-23,26-28,33,37,40,48H,3-9,12-21,24-25,30-32H2,1-2H3,(H,49,50)(H3,45,46,47)/b11-10+/t37-,40-,42+/m1/s1. The number of aromatic amines is 1. The fraction of sp³-hybridized carbons (Fsp3) is 0.643. The Morgan fingerprint density at radius 2 is 1.73 bits per heavy atom. The molecule has 1 unspecified atom stereocenters. The monoisotopic (exact) mass is 785 g/mol. The van der Waals surface area contributed by atoms with Crippen LogP contribution in [0.5, 0.6) is 0 Å². The van der Waals surface area contributed by atoms with Gasteiger partial charge in [0.05, 0.1) is 55.0 Å². The zero-order valence-corrected chi connectivity index (χ0v) is 34.0. The van der Waals surface area contributed by atoms with E-state index in [1.165, 1.54) is 83.1 Å². The van der Waals surface area contributed by atoms with E-state index in [0.29, 0.717) is 30.5 Å². The van der Waals surface area contributed by atoms with Gasteiger partial charge in [-0.05, 0) is 87.8 Å². The average Bonchev–Trinajstić information content (AvgIpc) is 3.82. The summed E-state index contributed by atoms with van der Waals surface area (Å²) in [4.78, 5) is 17.5. The molecule has 1 saturated heterocycles. The molecule has 2 heterocycles. The molecule has 13 heteroatoms. The Balaban J connectivity index is 1.38. The van der Waals surface area contributed by atoms with Gasteiger partial charge in [0.25, 0.3) is 0 Å². The maximum atomic E-state index is 14.1. The number of rotatable bonds is 30. The van der Waals surface area contributed by atoms with Gasteiger partial charge in [-0.2, -0.15) is 5.26 Å². The minimum absolute atomic E-state index is 0.0257. The van der Waals surface area contributed by atoms with E-state index in [1.54, 1.807) is 12.1 Å². The first-order valence-electron chi connectivity index (χ1n) is 20.3. The van der Waals surface area contributed by atoms with Crippen LogP contribution in [0.25, 0.3) is 0 Å². The topological polar surface area (TPSA) is 176 Å². The van der Waals surface area contributed by atoms with Crippen molar-refractivity contribution in [3.63, 3.8) is 0 Å². The highest BCUT2D eigenvalue weighted by Crippen LogP contribution is 2.47. The fourth-order valence-electron chi connectivity index (χ4n) is 6.74. The van der Waals surface area contributed by atoms with Crippen molar-refractivity contribution in [2.75, 3.05) is 13.2 Å². The summed E-state index contributed by atoms with van der Waals surface area (Å²) in [6.45, 7) is 3.75. The highest BCUT2D eigenvalue weighted by atomic mass is 31.2. The van der Waals surface area contributed by atoms with Crippen molar-refractivity contribution in [1.82, 2.24) is 4.98 Å². The normalized spacial score (nSPS) is 19.1. The first kappa shape index (κ1) is 46.2. The van der Waals surface area contributed by atoms with Crippen molar-refractivity contribution in [1.29, 1.82) is 10.7 Å². The van der Waals surface area contributed by atoms with Crippen LogP contribution in [0.15, 0.2) is 47.5 Å².